The third kappa shape index (κ3) is 3.39. The summed E-state index contributed by atoms with van der Waals surface area (Å²) in [5.41, 5.74) is 2.45. The minimum absolute atomic E-state index is 0.271. The smallest absolute Gasteiger partial charge is 0.287 e. The van der Waals surface area contributed by atoms with Crippen LogP contribution in [0.2, 0.25) is 5.02 Å². The predicted molar refractivity (Wildman–Crippen MR) is 95.0 cm³/mol. The molecule has 0 unspecified atom stereocenters. The number of amides is 1. The van der Waals surface area contributed by atoms with E-state index in [1.165, 1.54) is 0 Å². The van der Waals surface area contributed by atoms with E-state index in [4.69, 9.17) is 20.8 Å². The van der Waals surface area contributed by atoms with Crippen molar-refractivity contribution in [3.8, 4) is 5.75 Å². The number of benzene rings is 2. The molecule has 0 atom stereocenters. The summed E-state index contributed by atoms with van der Waals surface area (Å²) < 4.78 is 11.3. The van der Waals surface area contributed by atoms with Gasteiger partial charge in [0.05, 0.1) is 11.6 Å². The quantitative estimate of drug-likeness (QED) is 0.693. The van der Waals surface area contributed by atoms with Crippen LogP contribution in [0.15, 0.2) is 46.9 Å². The van der Waals surface area contributed by atoms with Crippen molar-refractivity contribution < 1.29 is 13.9 Å². The molecule has 0 aliphatic rings. The molecular weight excluding hydrogens is 326 g/mol. The number of furan rings is 1. The number of halogens is 1. The van der Waals surface area contributed by atoms with Crippen molar-refractivity contribution in [2.45, 2.75) is 13.8 Å². The molecule has 1 N–H and O–H groups in total. The van der Waals surface area contributed by atoms with Crippen LogP contribution in [0, 0.1) is 13.8 Å². The predicted octanol–water partition coefficient (Wildman–Crippen LogP) is 4.51. The Labute approximate surface area is 145 Å². The van der Waals surface area contributed by atoms with E-state index in [0.717, 1.165) is 22.3 Å². The first kappa shape index (κ1) is 16.4. The molecule has 0 saturated carbocycles. The molecule has 2 aromatic carbocycles. The van der Waals surface area contributed by atoms with Gasteiger partial charge in [-0.2, -0.15) is 0 Å². The second-order valence-corrected chi connectivity index (χ2v) is 6.00. The summed E-state index contributed by atoms with van der Waals surface area (Å²) in [6, 6.07) is 13.2. The third-order valence-corrected chi connectivity index (χ3v) is 4.07. The molecule has 1 aromatic heterocycles. The number of hydrogen-bond acceptors (Lipinski definition) is 3. The highest BCUT2D eigenvalue weighted by Crippen LogP contribution is 2.30. The van der Waals surface area contributed by atoms with Crippen molar-refractivity contribution >= 4 is 28.5 Å². The number of aryl methyl sites for hydroxylation is 2. The molecular formula is C19H18ClNO3. The lowest BCUT2D eigenvalue weighted by molar-refractivity contribution is 0.0920. The zero-order valence-corrected chi connectivity index (χ0v) is 14.3. The molecule has 0 radical (unpaired) electrons. The average Bonchev–Trinajstić information content (AvgIpc) is 2.90. The van der Waals surface area contributed by atoms with Gasteiger partial charge in [-0.15, -0.1) is 0 Å². The molecule has 5 heteroatoms. The standard InChI is InChI=1S/C19H18ClNO3/c1-12-5-3-6-14(11-12)23-10-9-21-19(22)17-13(2)15-7-4-8-16(20)18(15)24-17/h3-8,11H,9-10H2,1-2H3,(H,21,22). The fourth-order valence-electron chi connectivity index (χ4n) is 2.54. The maximum Gasteiger partial charge on any atom is 0.287 e. The Morgan fingerprint density at radius 2 is 2.00 bits per heavy atom. The van der Waals surface area contributed by atoms with E-state index in [1.54, 1.807) is 6.07 Å². The van der Waals surface area contributed by atoms with Crippen molar-refractivity contribution in [3.63, 3.8) is 0 Å². The summed E-state index contributed by atoms with van der Waals surface area (Å²) in [6.45, 7) is 4.62. The Balaban J connectivity index is 1.61. The maximum atomic E-state index is 12.3. The van der Waals surface area contributed by atoms with Gasteiger partial charge >= 0.3 is 0 Å². The molecule has 0 bridgehead atoms. The van der Waals surface area contributed by atoms with Crippen LogP contribution in [0.25, 0.3) is 11.0 Å². The fourth-order valence-corrected chi connectivity index (χ4v) is 2.76. The van der Waals surface area contributed by atoms with Crippen LogP contribution in [-0.2, 0) is 0 Å². The minimum Gasteiger partial charge on any atom is -0.492 e. The maximum absolute atomic E-state index is 12.3. The number of rotatable bonds is 5. The van der Waals surface area contributed by atoms with Crippen molar-refractivity contribution in [3.05, 3.63) is 64.4 Å². The van der Waals surface area contributed by atoms with E-state index < -0.39 is 0 Å². The van der Waals surface area contributed by atoms with Crippen LogP contribution in [0.1, 0.15) is 21.7 Å². The molecule has 3 aromatic rings. The van der Waals surface area contributed by atoms with Crippen molar-refractivity contribution in [2.75, 3.05) is 13.2 Å². The zero-order chi connectivity index (χ0) is 17.1. The van der Waals surface area contributed by atoms with Crippen molar-refractivity contribution in [1.82, 2.24) is 5.32 Å². The van der Waals surface area contributed by atoms with Crippen LogP contribution >= 0.6 is 11.6 Å². The van der Waals surface area contributed by atoms with Gasteiger partial charge in [0.2, 0.25) is 0 Å². The number of fused-ring (bicyclic) bond motifs is 1. The van der Waals surface area contributed by atoms with Crippen LogP contribution < -0.4 is 10.1 Å². The first-order valence-electron chi connectivity index (χ1n) is 7.71. The molecule has 0 aliphatic carbocycles. The Morgan fingerprint density at radius 3 is 2.75 bits per heavy atom. The second-order valence-electron chi connectivity index (χ2n) is 5.59. The van der Waals surface area contributed by atoms with Crippen molar-refractivity contribution in [1.29, 1.82) is 0 Å². The largest absolute Gasteiger partial charge is 0.492 e. The number of ether oxygens (including phenoxy) is 1. The van der Waals surface area contributed by atoms with E-state index in [-0.39, 0.29) is 11.7 Å². The van der Waals surface area contributed by atoms with Gasteiger partial charge < -0.3 is 14.5 Å². The van der Waals surface area contributed by atoms with Gasteiger partial charge in [0.1, 0.15) is 12.4 Å². The Bertz CT molecular complexity index is 885. The highest BCUT2D eigenvalue weighted by Gasteiger charge is 2.18. The molecule has 1 amide bonds. The molecule has 0 fully saturated rings. The molecule has 0 saturated heterocycles. The van der Waals surface area contributed by atoms with Crippen LogP contribution in [0.3, 0.4) is 0 Å². The highest BCUT2D eigenvalue weighted by atomic mass is 35.5. The summed E-state index contributed by atoms with van der Waals surface area (Å²) >= 11 is 6.11. The highest BCUT2D eigenvalue weighted by molar-refractivity contribution is 6.35. The lowest BCUT2D eigenvalue weighted by Crippen LogP contribution is -2.28. The molecule has 124 valence electrons. The van der Waals surface area contributed by atoms with Gasteiger partial charge in [0.25, 0.3) is 5.91 Å². The van der Waals surface area contributed by atoms with E-state index in [9.17, 15) is 4.79 Å². The molecule has 4 nitrogen and oxygen atoms in total. The number of carbonyl (C=O) groups excluding carboxylic acids is 1. The van der Waals surface area contributed by atoms with Gasteiger partial charge in [-0.3, -0.25) is 4.79 Å². The van der Waals surface area contributed by atoms with Crippen LogP contribution in [0.4, 0.5) is 0 Å². The van der Waals surface area contributed by atoms with Gasteiger partial charge in [0.15, 0.2) is 11.3 Å². The van der Waals surface area contributed by atoms with E-state index in [2.05, 4.69) is 5.32 Å². The number of carbonyl (C=O) groups is 1. The van der Waals surface area contributed by atoms with E-state index in [1.807, 2.05) is 50.2 Å². The normalized spacial score (nSPS) is 10.8. The molecule has 1 heterocycles. The Hall–Kier alpha value is -2.46. The number of hydrogen-bond donors (Lipinski definition) is 1. The lowest BCUT2D eigenvalue weighted by Gasteiger charge is -2.07. The summed E-state index contributed by atoms with van der Waals surface area (Å²) in [4.78, 5) is 12.3. The van der Waals surface area contributed by atoms with E-state index >= 15 is 0 Å². The Morgan fingerprint density at radius 1 is 1.21 bits per heavy atom. The lowest BCUT2D eigenvalue weighted by atomic mass is 10.1. The van der Waals surface area contributed by atoms with Crippen LogP contribution in [0.5, 0.6) is 5.75 Å². The summed E-state index contributed by atoms with van der Waals surface area (Å²) in [5.74, 6) is 0.803. The van der Waals surface area contributed by atoms with Gasteiger partial charge in [-0.1, -0.05) is 35.9 Å². The number of nitrogens with one attached hydrogen (secondary N) is 1. The molecule has 0 spiro atoms. The zero-order valence-electron chi connectivity index (χ0n) is 13.6. The topological polar surface area (TPSA) is 51.5 Å². The molecule has 0 aliphatic heterocycles. The second kappa shape index (κ2) is 6.97. The monoisotopic (exact) mass is 343 g/mol. The first-order chi connectivity index (χ1) is 11.6. The van der Waals surface area contributed by atoms with Gasteiger partial charge in [-0.25, -0.2) is 0 Å². The average molecular weight is 344 g/mol. The fraction of sp³-hybridized carbons (Fsp3) is 0.211. The molecule has 24 heavy (non-hydrogen) atoms. The molecule has 3 rings (SSSR count). The third-order valence-electron chi connectivity index (χ3n) is 3.77. The summed E-state index contributed by atoms with van der Waals surface area (Å²) in [5, 5.41) is 4.15. The SMILES string of the molecule is Cc1cccc(OCCNC(=O)c2oc3c(Cl)cccc3c2C)c1. The van der Waals surface area contributed by atoms with E-state index in [0.29, 0.717) is 23.8 Å². The summed E-state index contributed by atoms with van der Waals surface area (Å²) in [7, 11) is 0. The Kier molecular flexibility index (Phi) is 4.76. The minimum atomic E-state index is -0.271. The van der Waals surface area contributed by atoms with Crippen LogP contribution in [-0.4, -0.2) is 19.1 Å². The van der Waals surface area contributed by atoms with Gasteiger partial charge in [0, 0.05) is 10.9 Å². The van der Waals surface area contributed by atoms with Crippen molar-refractivity contribution in [2.24, 2.45) is 0 Å². The first-order valence-corrected chi connectivity index (χ1v) is 8.09. The van der Waals surface area contributed by atoms with Gasteiger partial charge in [-0.05, 0) is 37.6 Å². The number of para-hydroxylation sites is 1. The summed E-state index contributed by atoms with van der Waals surface area (Å²) in [6.07, 6.45) is 0.